The van der Waals surface area contributed by atoms with Crippen molar-refractivity contribution < 1.29 is 13.9 Å². The van der Waals surface area contributed by atoms with Crippen LogP contribution in [-0.2, 0) is 4.79 Å². The summed E-state index contributed by atoms with van der Waals surface area (Å²) in [6.07, 6.45) is 0. The van der Waals surface area contributed by atoms with Crippen molar-refractivity contribution in [3.8, 4) is 5.75 Å². The fraction of sp³-hybridized carbons (Fsp3) is 0.278. The van der Waals surface area contributed by atoms with Gasteiger partial charge in [0.1, 0.15) is 11.6 Å². The Morgan fingerprint density at radius 3 is 2.46 bits per heavy atom. The summed E-state index contributed by atoms with van der Waals surface area (Å²) in [5, 5.41) is -0.0172. The minimum atomic E-state index is -0.507. The molecule has 1 fully saturated rings. The second kappa shape index (κ2) is 7.53. The van der Waals surface area contributed by atoms with Gasteiger partial charge in [-0.25, -0.2) is 4.39 Å². The van der Waals surface area contributed by atoms with Crippen LogP contribution in [0.15, 0.2) is 48.5 Å². The molecule has 1 aliphatic rings. The number of ether oxygens (including phenoxy) is 1. The van der Waals surface area contributed by atoms with Crippen molar-refractivity contribution in [2.24, 2.45) is 0 Å². The Labute approximate surface area is 145 Å². The summed E-state index contributed by atoms with van der Waals surface area (Å²) in [7, 11) is 0. The lowest BCUT2D eigenvalue weighted by molar-refractivity contribution is -0.133. The molecular formula is C18H18ClFN2O2. The zero-order valence-corrected chi connectivity index (χ0v) is 13.9. The summed E-state index contributed by atoms with van der Waals surface area (Å²) in [4.78, 5) is 16.3. The third-order valence-corrected chi connectivity index (χ3v) is 4.30. The number of nitrogens with zero attached hydrogens (tertiary/aromatic N) is 2. The van der Waals surface area contributed by atoms with Crippen molar-refractivity contribution in [3.05, 3.63) is 59.4 Å². The molecule has 3 rings (SSSR count). The fourth-order valence-electron chi connectivity index (χ4n) is 2.66. The van der Waals surface area contributed by atoms with E-state index in [1.165, 1.54) is 23.9 Å². The highest BCUT2D eigenvalue weighted by Crippen LogP contribution is 2.21. The Balaban J connectivity index is 1.49. The molecule has 0 spiro atoms. The number of anilines is 1. The number of hydrogen-bond donors (Lipinski definition) is 0. The van der Waals surface area contributed by atoms with E-state index < -0.39 is 5.82 Å². The number of halogens is 2. The van der Waals surface area contributed by atoms with Crippen LogP contribution >= 0.6 is 11.6 Å². The third-order valence-electron chi connectivity index (χ3n) is 4.01. The molecule has 0 aromatic heterocycles. The van der Waals surface area contributed by atoms with E-state index in [4.69, 9.17) is 16.3 Å². The second-order valence-electron chi connectivity index (χ2n) is 5.57. The first-order valence-electron chi connectivity index (χ1n) is 7.79. The monoisotopic (exact) mass is 348 g/mol. The Morgan fingerprint density at radius 1 is 1.08 bits per heavy atom. The number of para-hydroxylation sites is 1. The lowest BCUT2D eigenvalue weighted by Gasteiger charge is -2.36. The number of benzene rings is 2. The highest BCUT2D eigenvalue weighted by Gasteiger charge is 2.21. The number of hydrogen-bond acceptors (Lipinski definition) is 3. The smallest absolute Gasteiger partial charge is 0.260 e. The minimum absolute atomic E-state index is 0.0172. The standard InChI is InChI=1S/C18H18ClFN2O2/c19-16-12-15(6-7-17(16)20)24-13-18(23)22-10-8-21(9-11-22)14-4-2-1-3-5-14/h1-7,12H,8-11,13H2. The average molecular weight is 349 g/mol. The molecule has 0 N–H and O–H groups in total. The summed E-state index contributed by atoms with van der Waals surface area (Å²) >= 11 is 5.70. The highest BCUT2D eigenvalue weighted by molar-refractivity contribution is 6.30. The van der Waals surface area contributed by atoms with Crippen molar-refractivity contribution in [2.75, 3.05) is 37.7 Å². The number of piperazine rings is 1. The molecule has 0 bridgehead atoms. The quantitative estimate of drug-likeness (QED) is 0.850. The molecular weight excluding hydrogens is 331 g/mol. The minimum Gasteiger partial charge on any atom is -0.484 e. The SMILES string of the molecule is O=C(COc1ccc(F)c(Cl)c1)N1CCN(c2ccccc2)CC1. The summed E-state index contributed by atoms with van der Waals surface area (Å²) in [5.41, 5.74) is 1.17. The average Bonchev–Trinajstić information content (AvgIpc) is 2.63. The molecule has 4 nitrogen and oxygen atoms in total. The van der Waals surface area contributed by atoms with E-state index in [9.17, 15) is 9.18 Å². The molecule has 126 valence electrons. The molecule has 0 saturated carbocycles. The van der Waals surface area contributed by atoms with Gasteiger partial charge in [0.15, 0.2) is 6.61 Å². The summed E-state index contributed by atoms with van der Waals surface area (Å²) in [6, 6.07) is 14.2. The van der Waals surface area contributed by atoms with Gasteiger partial charge in [-0.2, -0.15) is 0 Å². The summed E-state index contributed by atoms with van der Waals surface area (Å²) in [5.74, 6) is -0.201. The number of rotatable bonds is 4. The Bertz CT molecular complexity index is 703. The molecule has 1 saturated heterocycles. The van der Waals surface area contributed by atoms with E-state index >= 15 is 0 Å². The Morgan fingerprint density at radius 2 is 1.79 bits per heavy atom. The van der Waals surface area contributed by atoms with Crippen LogP contribution in [0.1, 0.15) is 0 Å². The van der Waals surface area contributed by atoms with Crippen molar-refractivity contribution in [1.29, 1.82) is 0 Å². The molecule has 6 heteroatoms. The first kappa shape index (κ1) is 16.6. The van der Waals surface area contributed by atoms with Crippen molar-refractivity contribution in [2.45, 2.75) is 0 Å². The van der Waals surface area contributed by atoms with Crippen molar-refractivity contribution in [1.82, 2.24) is 4.90 Å². The molecule has 0 aliphatic carbocycles. The maximum Gasteiger partial charge on any atom is 0.260 e. The highest BCUT2D eigenvalue weighted by atomic mass is 35.5. The van der Waals surface area contributed by atoms with Gasteiger partial charge < -0.3 is 14.5 Å². The van der Waals surface area contributed by atoms with Crippen LogP contribution < -0.4 is 9.64 Å². The largest absolute Gasteiger partial charge is 0.484 e. The second-order valence-corrected chi connectivity index (χ2v) is 5.98. The van der Waals surface area contributed by atoms with Gasteiger partial charge in [0, 0.05) is 37.9 Å². The van der Waals surface area contributed by atoms with Crippen molar-refractivity contribution in [3.63, 3.8) is 0 Å². The predicted molar refractivity (Wildman–Crippen MR) is 92.1 cm³/mol. The topological polar surface area (TPSA) is 32.8 Å². The normalized spacial score (nSPS) is 14.6. The number of amides is 1. The van der Waals surface area contributed by atoms with E-state index in [0.29, 0.717) is 18.8 Å². The molecule has 2 aromatic carbocycles. The predicted octanol–water partition coefficient (Wildman–Crippen LogP) is 3.21. The van der Waals surface area contributed by atoms with E-state index in [1.807, 2.05) is 18.2 Å². The zero-order valence-electron chi connectivity index (χ0n) is 13.1. The van der Waals surface area contributed by atoms with E-state index in [2.05, 4.69) is 17.0 Å². The van der Waals surface area contributed by atoms with Gasteiger partial charge in [-0.1, -0.05) is 29.8 Å². The van der Waals surface area contributed by atoms with Gasteiger partial charge in [-0.15, -0.1) is 0 Å². The van der Waals surface area contributed by atoms with Crippen LogP contribution in [0.25, 0.3) is 0 Å². The van der Waals surface area contributed by atoms with Gasteiger partial charge in [-0.05, 0) is 24.3 Å². The molecule has 0 radical (unpaired) electrons. The fourth-order valence-corrected chi connectivity index (χ4v) is 2.83. The van der Waals surface area contributed by atoms with Gasteiger partial charge in [0.25, 0.3) is 5.91 Å². The summed E-state index contributed by atoms with van der Waals surface area (Å²) < 4.78 is 18.5. The number of carbonyl (C=O) groups excluding carboxylic acids is 1. The van der Waals surface area contributed by atoms with Gasteiger partial charge in [0.2, 0.25) is 0 Å². The van der Waals surface area contributed by atoms with Crippen LogP contribution in [-0.4, -0.2) is 43.6 Å². The maximum absolute atomic E-state index is 13.1. The third kappa shape index (κ3) is 3.97. The van der Waals surface area contributed by atoms with Gasteiger partial charge in [0.05, 0.1) is 5.02 Å². The summed E-state index contributed by atoms with van der Waals surface area (Å²) in [6.45, 7) is 2.81. The molecule has 24 heavy (non-hydrogen) atoms. The van der Waals surface area contributed by atoms with E-state index in [1.54, 1.807) is 4.90 Å². The van der Waals surface area contributed by atoms with E-state index in [-0.39, 0.29) is 17.5 Å². The van der Waals surface area contributed by atoms with Gasteiger partial charge >= 0.3 is 0 Å². The first-order valence-corrected chi connectivity index (χ1v) is 8.17. The Hall–Kier alpha value is -2.27. The molecule has 0 atom stereocenters. The first-order chi connectivity index (χ1) is 11.6. The lowest BCUT2D eigenvalue weighted by Crippen LogP contribution is -2.50. The van der Waals surface area contributed by atoms with Crippen LogP contribution in [0.4, 0.5) is 10.1 Å². The lowest BCUT2D eigenvalue weighted by atomic mass is 10.2. The van der Waals surface area contributed by atoms with E-state index in [0.717, 1.165) is 13.1 Å². The molecule has 1 amide bonds. The molecule has 1 heterocycles. The Kier molecular flexibility index (Phi) is 5.20. The molecule has 0 unspecified atom stereocenters. The van der Waals surface area contributed by atoms with Gasteiger partial charge in [-0.3, -0.25) is 4.79 Å². The maximum atomic E-state index is 13.1. The zero-order chi connectivity index (χ0) is 16.9. The van der Waals surface area contributed by atoms with Crippen LogP contribution in [0.2, 0.25) is 5.02 Å². The van der Waals surface area contributed by atoms with Crippen molar-refractivity contribution >= 4 is 23.2 Å². The van der Waals surface area contributed by atoms with Crippen LogP contribution in [0.5, 0.6) is 5.75 Å². The molecule has 2 aromatic rings. The van der Waals surface area contributed by atoms with Crippen LogP contribution in [0.3, 0.4) is 0 Å². The van der Waals surface area contributed by atoms with Crippen LogP contribution in [0, 0.1) is 5.82 Å². The number of carbonyl (C=O) groups is 1. The molecule has 1 aliphatic heterocycles.